The van der Waals surface area contributed by atoms with Gasteiger partial charge in [0.05, 0.1) is 17.1 Å². The molecule has 1 heterocycles. The van der Waals surface area contributed by atoms with Gasteiger partial charge in [-0.25, -0.2) is 8.42 Å². The zero-order chi connectivity index (χ0) is 23.4. The van der Waals surface area contributed by atoms with Crippen LogP contribution < -0.4 is 4.74 Å². The van der Waals surface area contributed by atoms with E-state index in [9.17, 15) is 26.4 Å². The van der Waals surface area contributed by atoms with Crippen molar-refractivity contribution in [3.8, 4) is 5.75 Å². The van der Waals surface area contributed by atoms with Gasteiger partial charge in [0, 0.05) is 32.6 Å². The first kappa shape index (κ1) is 24.1. The van der Waals surface area contributed by atoms with E-state index in [-0.39, 0.29) is 43.4 Å². The molecule has 0 N–H and O–H groups in total. The van der Waals surface area contributed by atoms with E-state index in [0.29, 0.717) is 13.0 Å². The standard InChI is InChI=1S/C22H25F3N2O4S/c1-2-31-20-6-4-3-5-17(20)7-12-21(28)26-13-15-27(16-14-26)32(29,30)19-10-8-18(9-11-19)22(23,24)25/h3-6,8-11H,2,7,12-16H2,1H3. The van der Waals surface area contributed by atoms with Gasteiger partial charge < -0.3 is 9.64 Å². The third-order valence-corrected chi connectivity index (χ3v) is 7.20. The Hall–Kier alpha value is -2.59. The summed E-state index contributed by atoms with van der Waals surface area (Å²) in [7, 11) is -3.93. The lowest BCUT2D eigenvalue weighted by molar-refractivity contribution is -0.137. The maximum atomic E-state index is 12.8. The molecule has 32 heavy (non-hydrogen) atoms. The molecule has 0 bridgehead atoms. The number of aryl methyl sites for hydroxylation is 1. The molecule has 2 aromatic carbocycles. The number of carbonyl (C=O) groups excluding carboxylic acids is 1. The van der Waals surface area contributed by atoms with E-state index >= 15 is 0 Å². The monoisotopic (exact) mass is 470 g/mol. The third kappa shape index (κ3) is 5.60. The Labute approximate surface area is 185 Å². The smallest absolute Gasteiger partial charge is 0.416 e. The molecular weight excluding hydrogens is 445 g/mol. The average molecular weight is 471 g/mol. The summed E-state index contributed by atoms with van der Waals surface area (Å²) in [6.45, 7) is 3.05. The Balaban J connectivity index is 1.57. The summed E-state index contributed by atoms with van der Waals surface area (Å²) in [4.78, 5) is 14.0. The minimum atomic E-state index is -4.53. The second-order valence-electron chi connectivity index (χ2n) is 7.35. The summed E-state index contributed by atoms with van der Waals surface area (Å²) >= 11 is 0. The van der Waals surface area contributed by atoms with Gasteiger partial charge in [-0.1, -0.05) is 18.2 Å². The molecule has 0 radical (unpaired) electrons. The van der Waals surface area contributed by atoms with Crippen LogP contribution >= 0.6 is 0 Å². The Kier molecular flexibility index (Phi) is 7.45. The molecule has 1 amide bonds. The molecule has 1 fully saturated rings. The second-order valence-corrected chi connectivity index (χ2v) is 9.29. The number of halogens is 3. The van der Waals surface area contributed by atoms with E-state index in [1.165, 1.54) is 4.31 Å². The van der Waals surface area contributed by atoms with Gasteiger partial charge in [0.2, 0.25) is 15.9 Å². The minimum absolute atomic E-state index is 0.0807. The minimum Gasteiger partial charge on any atom is -0.494 e. The lowest BCUT2D eigenvalue weighted by Gasteiger charge is -2.34. The van der Waals surface area contributed by atoms with Gasteiger partial charge in [-0.15, -0.1) is 0 Å². The molecule has 1 saturated heterocycles. The number of piperazine rings is 1. The maximum absolute atomic E-state index is 12.8. The zero-order valence-electron chi connectivity index (χ0n) is 17.6. The van der Waals surface area contributed by atoms with E-state index < -0.39 is 21.8 Å². The number of nitrogens with zero attached hydrogens (tertiary/aromatic N) is 2. The highest BCUT2D eigenvalue weighted by Crippen LogP contribution is 2.30. The highest BCUT2D eigenvalue weighted by Gasteiger charge is 2.33. The molecule has 0 atom stereocenters. The lowest BCUT2D eigenvalue weighted by atomic mass is 10.1. The zero-order valence-corrected chi connectivity index (χ0v) is 18.5. The molecule has 0 aromatic heterocycles. The summed E-state index contributed by atoms with van der Waals surface area (Å²) in [5.74, 6) is 0.665. The first-order valence-electron chi connectivity index (χ1n) is 10.3. The average Bonchev–Trinajstić information content (AvgIpc) is 2.78. The molecule has 3 rings (SSSR count). The van der Waals surface area contributed by atoms with Crippen LogP contribution in [0.4, 0.5) is 13.2 Å². The first-order valence-corrected chi connectivity index (χ1v) is 11.7. The molecule has 1 aliphatic rings. The molecule has 0 spiro atoms. The fourth-order valence-electron chi connectivity index (χ4n) is 3.55. The van der Waals surface area contributed by atoms with Crippen molar-refractivity contribution in [2.75, 3.05) is 32.8 Å². The van der Waals surface area contributed by atoms with Gasteiger partial charge in [0.1, 0.15) is 5.75 Å². The number of hydrogen-bond donors (Lipinski definition) is 0. The largest absolute Gasteiger partial charge is 0.494 e. The van der Waals surface area contributed by atoms with E-state index in [1.807, 2.05) is 31.2 Å². The summed E-state index contributed by atoms with van der Waals surface area (Å²) in [5, 5.41) is 0. The Morgan fingerprint density at radius 2 is 1.62 bits per heavy atom. The second kappa shape index (κ2) is 9.91. The van der Waals surface area contributed by atoms with Gasteiger partial charge in [0.25, 0.3) is 0 Å². The number of sulfonamides is 1. The van der Waals surface area contributed by atoms with Gasteiger partial charge in [0.15, 0.2) is 0 Å². The van der Waals surface area contributed by atoms with Crippen molar-refractivity contribution in [3.05, 3.63) is 59.7 Å². The Morgan fingerprint density at radius 3 is 2.22 bits per heavy atom. The normalized spacial score (nSPS) is 15.6. The van der Waals surface area contributed by atoms with Crippen LogP contribution in [0.1, 0.15) is 24.5 Å². The molecule has 2 aromatic rings. The number of ether oxygens (including phenoxy) is 1. The molecule has 0 unspecified atom stereocenters. The molecule has 10 heteroatoms. The number of hydrogen-bond acceptors (Lipinski definition) is 4. The van der Waals surface area contributed by atoms with E-state index in [1.54, 1.807) is 4.90 Å². The van der Waals surface area contributed by atoms with Crippen LogP contribution in [-0.4, -0.2) is 56.3 Å². The van der Waals surface area contributed by atoms with Crippen LogP contribution in [-0.2, 0) is 27.4 Å². The fourth-order valence-corrected chi connectivity index (χ4v) is 4.97. The Bertz CT molecular complexity index is 1030. The fraction of sp³-hybridized carbons (Fsp3) is 0.409. The van der Waals surface area contributed by atoms with Crippen molar-refractivity contribution in [3.63, 3.8) is 0 Å². The summed E-state index contributed by atoms with van der Waals surface area (Å²) in [6.07, 6.45) is -3.74. The maximum Gasteiger partial charge on any atom is 0.416 e. The van der Waals surface area contributed by atoms with Crippen LogP contribution in [0.25, 0.3) is 0 Å². The number of amides is 1. The topological polar surface area (TPSA) is 66.9 Å². The summed E-state index contributed by atoms with van der Waals surface area (Å²) in [5.41, 5.74) is 0.0315. The number of alkyl halides is 3. The number of rotatable bonds is 7. The van der Waals surface area contributed by atoms with Crippen molar-refractivity contribution in [1.82, 2.24) is 9.21 Å². The van der Waals surface area contributed by atoms with E-state index in [4.69, 9.17) is 4.74 Å². The van der Waals surface area contributed by atoms with Gasteiger partial charge in [-0.2, -0.15) is 17.5 Å². The lowest BCUT2D eigenvalue weighted by Crippen LogP contribution is -2.50. The molecule has 1 aliphatic heterocycles. The van der Waals surface area contributed by atoms with Crippen molar-refractivity contribution in [2.24, 2.45) is 0 Å². The highest BCUT2D eigenvalue weighted by molar-refractivity contribution is 7.89. The summed E-state index contributed by atoms with van der Waals surface area (Å²) < 4.78 is 70.4. The predicted molar refractivity (Wildman–Crippen MR) is 113 cm³/mol. The van der Waals surface area contributed by atoms with Gasteiger partial charge >= 0.3 is 6.18 Å². The molecular formula is C22H25F3N2O4S. The van der Waals surface area contributed by atoms with Gasteiger partial charge in [-0.3, -0.25) is 4.79 Å². The van der Waals surface area contributed by atoms with Crippen LogP contribution in [0.5, 0.6) is 5.75 Å². The van der Waals surface area contributed by atoms with Crippen LogP contribution in [0.2, 0.25) is 0 Å². The van der Waals surface area contributed by atoms with Crippen molar-refractivity contribution in [2.45, 2.75) is 30.8 Å². The predicted octanol–water partition coefficient (Wildman–Crippen LogP) is 3.57. The van der Waals surface area contributed by atoms with Crippen LogP contribution in [0, 0.1) is 0 Å². The van der Waals surface area contributed by atoms with Crippen LogP contribution in [0.15, 0.2) is 53.4 Å². The molecule has 0 aliphatic carbocycles. The molecule has 6 nitrogen and oxygen atoms in total. The highest BCUT2D eigenvalue weighted by atomic mass is 32.2. The van der Waals surface area contributed by atoms with E-state index in [2.05, 4.69) is 0 Å². The Morgan fingerprint density at radius 1 is 1.00 bits per heavy atom. The number of carbonyl (C=O) groups is 1. The number of para-hydroxylation sites is 1. The van der Waals surface area contributed by atoms with Crippen molar-refractivity contribution < 1.29 is 31.1 Å². The van der Waals surface area contributed by atoms with Crippen molar-refractivity contribution >= 4 is 15.9 Å². The summed E-state index contributed by atoms with van der Waals surface area (Å²) in [6, 6.07) is 11.0. The third-order valence-electron chi connectivity index (χ3n) is 5.29. The van der Waals surface area contributed by atoms with E-state index in [0.717, 1.165) is 35.6 Å². The first-order chi connectivity index (χ1) is 15.1. The van der Waals surface area contributed by atoms with Crippen LogP contribution in [0.3, 0.4) is 0 Å². The SMILES string of the molecule is CCOc1ccccc1CCC(=O)N1CCN(S(=O)(=O)c2ccc(C(F)(F)F)cc2)CC1. The molecule has 0 saturated carbocycles. The molecule has 174 valence electrons. The van der Waals surface area contributed by atoms with Gasteiger partial charge in [-0.05, 0) is 49.2 Å². The quantitative estimate of drug-likeness (QED) is 0.621. The van der Waals surface area contributed by atoms with Crippen molar-refractivity contribution in [1.29, 1.82) is 0 Å². The number of benzene rings is 2.